The average molecular weight is 299 g/mol. The Morgan fingerprint density at radius 3 is 2.77 bits per heavy atom. The molecule has 0 saturated carbocycles. The van der Waals surface area contributed by atoms with Gasteiger partial charge in [-0.15, -0.1) is 0 Å². The van der Waals surface area contributed by atoms with Gasteiger partial charge in [0.25, 0.3) is 5.91 Å². The van der Waals surface area contributed by atoms with Crippen LogP contribution >= 0.6 is 0 Å². The van der Waals surface area contributed by atoms with Crippen molar-refractivity contribution in [3.63, 3.8) is 0 Å². The fourth-order valence-electron chi connectivity index (χ4n) is 2.36. The average Bonchev–Trinajstić information content (AvgIpc) is 2.86. The fourth-order valence-corrected chi connectivity index (χ4v) is 2.36. The van der Waals surface area contributed by atoms with E-state index in [4.69, 9.17) is 9.52 Å². The third-order valence-corrected chi connectivity index (χ3v) is 3.49. The smallest absolute Gasteiger partial charge is 0.291 e. The van der Waals surface area contributed by atoms with Gasteiger partial charge in [-0.05, 0) is 30.7 Å². The summed E-state index contributed by atoms with van der Waals surface area (Å²) < 4.78 is 19.1. The summed E-state index contributed by atoms with van der Waals surface area (Å²) in [5.74, 6) is -0.875. The van der Waals surface area contributed by atoms with Gasteiger partial charge in [-0.25, -0.2) is 4.39 Å². The van der Waals surface area contributed by atoms with Crippen LogP contribution in [0, 0.1) is 12.7 Å². The number of furan rings is 1. The van der Waals surface area contributed by atoms with Crippen LogP contribution in [0.15, 0.2) is 46.9 Å². The van der Waals surface area contributed by atoms with Crippen LogP contribution in [0.3, 0.4) is 0 Å². The van der Waals surface area contributed by atoms with Crippen LogP contribution in [0.1, 0.15) is 21.7 Å². The molecule has 0 bridgehead atoms. The number of fused-ring (bicyclic) bond motifs is 1. The van der Waals surface area contributed by atoms with Crippen molar-refractivity contribution < 1.29 is 18.7 Å². The van der Waals surface area contributed by atoms with Gasteiger partial charge in [-0.1, -0.05) is 24.3 Å². The highest BCUT2D eigenvalue weighted by molar-refractivity contribution is 6.06. The maximum absolute atomic E-state index is 13.7. The molecular formula is C17H14FNO3. The molecule has 0 atom stereocenters. The maximum atomic E-state index is 13.7. The zero-order valence-corrected chi connectivity index (χ0v) is 11.9. The number of hydrogen-bond acceptors (Lipinski definition) is 3. The SMILES string of the molecule is Cc1c(C(=O)Nc2cccc(CO)c2)oc2c(F)cccc12. The van der Waals surface area contributed by atoms with E-state index in [0.717, 1.165) is 0 Å². The van der Waals surface area contributed by atoms with E-state index in [1.807, 2.05) is 0 Å². The summed E-state index contributed by atoms with van der Waals surface area (Å²) in [7, 11) is 0. The van der Waals surface area contributed by atoms with Gasteiger partial charge in [0, 0.05) is 16.6 Å². The lowest BCUT2D eigenvalue weighted by atomic mass is 10.1. The molecule has 0 fully saturated rings. The van der Waals surface area contributed by atoms with Gasteiger partial charge in [0.1, 0.15) is 0 Å². The van der Waals surface area contributed by atoms with Gasteiger partial charge in [0.05, 0.1) is 6.61 Å². The lowest BCUT2D eigenvalue weighted by Crippen LogP contribution is -2.12. The first-order valence-corrected chi connectivity index (χ1v) is 6.79. The largest absolute Gasteiger partial charge is 0.448 e. The number of aryl methyl sites for hydroxylation is 1. The number of para-hydroxylation sites is 1. The number of carbonyl (C=O) groups is 1. The molecule has 0 aliphatic rings. The highest BCUT2D eigenvalue weighted by atomic mass is 19.1. The second-order valence-corrected chi connectivity index (χ2v) is 4.99. The number of anilines is 1. The molecule has 1 aromatic heterocycles. The quantitative estimate of drug-likeness (QED) is 0.776. The number of carbonyl (C=O) groups excluding carboxylic acids is 1. The second kappa shape index (κ2) is 5.61. The molecule has 2 N–H and O–H groups in total. The summed E-state index contributed by atoms with van der Waals surface area (Å²) in [6.07, 6.45) is 0. The highest BCUT2D eigenvalue weighted by Gasteiger charge is 2.19. The van der Waals surface area contributed by atoms with E-state index >= 15 is 0 Å². The Kier molecular flexibility index (Phi) is 3.65. The predicted octanol–water partition coefficient (Wildman–Crippen LogP) is 3.62. The molecule has 0 aliphatic carbocycles. The van der Waals surface area contributed by atoms with Gasteiger partial charge in [0.2, 0.25) is 0 Å². The third-order valence-electron chi connectivity index (χ3n) is 3.49. The summed E-state index contributed by atoms with van der Waals surface area (Å²) in [6.45, 7) is 1.60. The molecule has 0 radical (unpaired) electrons. The summed E-state index contributed by atoms with van der Waals surface area (Å²) in [5, 5.41) is 12.4. The van der Waals surface area contributed by atoms with E-state index < -0.39 is 11.7 Å². The van der Waals surface area contributed by atoms with Crippen molar-refractivity contribution >= 4 is 22.6 Å². The Labute approximate surface area is 126 Å². The molecule has 0 unspecified atom stereocenters. The van der Waals surface area contributed by atoms with E-state index in [1.165, 1.54) is 6.07 Å². The summed E-state index contributed by atoms with van der Waals surface area (Å²) in [5.41, 5.74) is 1.89. The third kappa shape index (κ3) is 2.46. The number of halogens is 1. The Hall–Kier alpha value is -2.66. The van der Waals surface area contributed by atoms with Crippen LogP contribution in [0.4, 0.5) is 10.1 Å². The molecule has 0 aliphatic heterocycles. The lowest BCUT2D eigenvalue weighted by molar-refractivity contribution is 0.0997. The van der Waals surface area contributed by atoms with Crippen LogP contribution in [-0.4, -0.2) is 11.0 Å². The van der Waals surface area contributed by atoms with Gasteiger partial charge in [0.15, 0.2) is 17.2 Å². The predicted molar refractivity (Wildman–Crippen MR) is 81.2 cm³/mol. The second-order valence-electron chi connectivity index (χ2n) is 4.99. The van der Waals surface area contributed by atoms with E-state index in [-0.39, 0.29) is 18.0 Å². The lowest BCUT2D eigenvalue weighted by Gasteiger charge is -2.05. The zero-order valence-electron chi connectivity index (χ0n) is 11.9. The van der Waals surface area contributed by atoms with E-state index in [0.29, 0.717) is 22.2 Å². The summed E-state index contributed by atoms with van der Waals surface area (Å²) >= 11 is 0. The van der Waals surface area contributed by atoms with Gasteiger partial charge >= 0.3 is 0 Å². The van der Waals surface area contributed by atoms with Gasteiger partial charge in [-0.2, -0.15) is 0 Å². The molecule has 4 nitrogen and oxygen atoms in total. The Balaban J connectivity index is 1.95. The van der Waals surface area contributed by atoms with Crippen molar-refractivity contribution in [1.29, 1.82) is 0 Å². The van der Waals surface area contributed by atoms with Crippen LogP contribution < -0.4 is 5.32 Å². The maximum Gasteiger partial charge on any atom is 0.291 e. The van der Waals surface area contributed by atoms with Crippen molar-refractivity contribution in [2.24, 2.45) is 0 Å². The van der Waals surface area contributed by atoms with E-state index in [1.54, 1.807) is 43.3 Å². The van der Waals surface area contributed by atoms with Gasteiger partial charge in [-0.3, -0.25) is 4.79 Å². The summed E-state index contributed by atoms with van der Waals surface area (Å²) in [6, 6.07) is 11.4. The Morgan fingerprint density at radius 2 is 2.05 bits per heavy atom. The first-order valence-electron chi connectivity index (χ1n) is 6.79. The minimum absolute atomic E-state index is 0.0780. The standard InChI is InChI=1S/C17H14FNO3/c1-10-13-6-3-7-14(18)16(13)22-15(10)17(21)19-12-5-2-4-11(8-12)9-20/h2-8,20H,9H2,1H3,(H,19,21). The number of hydrogen-bond donors (Lipinski definition) is 2. The Morgan fingerprint density at radius 1 is 1.27 bits per heavy atom. The first-order chi connectivity index (χ1) is 10.6. The minimum atomic E-state index is -0.498. The van der Waals surface area contributed by atoms with Crippen molar-refractivity contribution in [1.82, 2.24) is 0 Å². The molecular weight excluding hydrogens is 285 g/mol. The molecule has 1 heterocycles. The molecule has 22 heavy (non-hydrogen) atoms. The normalized spacial score (nSPS) is 10.9. The Bertz CT molecular complexity index is 854. The van der Waals surface area contributed by atoms with Crippen molar-refractivity contribution in [3.8, 4) is 0 Å². The van der Waals surface area contributed by atoms with E-state index in [9.17, 15) is 9.18 Å². The fraction of sp³-hybridized carbons (Fsp3) is 0.118. The van der Waals surface area contributed by atoms with E-state index in [2.05, 4.69) is 5.32 Å². The molecule has 5 heteroatoms. The van der Waals surface area contributed by atoms with Crippen LogP contribution in [0.5, 0.6) is 0 Å². The number of nitrogens with one attached hydrogen (secondary N) is 1. The zero-order chi connectivity index (χ0) is 15.7. The molecule has 112 valence electrons. The molecule has 0 saturated heterocycles. The molecule has 0 spiro atoms. The minimum Gasteiger partial charge on any atom is -0.448 e. The monoisotopic (exact) mass is 299 g/mol. The number of benzene rings is 2. The van der Waals surface area contributed by atoms with Crippen LogP contribution in [-0.2, 0) is 6.61 Å². The van der Waals surface area contributed by atoms with Crippen molar-refractivity contribution in [3.05, 3.63) is 65.2 Å². The van der Waals surface area contributed by atoms with Crippen molar-refractivity contribution in [2.45, 2.75) is 13.5 Å². The number of aliphatic hydroxyl groups excluding tert-OH is 1. The summed E-state index contributed by atoms with van der Waals surface area (Å²) in [4.78, 5) is 12.3. The number of aliphatic hydroxyl groups is 1. The van der Waals surface area contributed by atoms with Gasteiger partial charge < -0.3 is 14.8 Å². The molecule has 2 aromatic carbocycles. The van der Waals surface area contributed by atoms with Crippen LogP contribution in [0.2, 0.25) is 0 Å². The molecule has 3 rings (SSSR count). The van der Waals surface area contributed by atoms with Crippen LogP contribution in [0.25, 0.3) is 11.0 Å². The highest BCUT2D eigenvalue weighted by Crippen LogP contribution is 2.27. The first kappa shape index (κ1) is 14.3. The topological polar surface area (TPSA) is 62.5 Å². The number of rotatable bonds is 3. The molecule has 3 aromatic rings. The van der Waals surface area contributed by atoms with Crippen molar-refractivity contribution in [2.75, 3.05) is 5.32 Å². The molecule has 1 amide bonds. The number of amides is 1.